The molecule has 7 nitrogen and oxygen atoms in total. The first-order chi connectivity index (χ1) is 11.8. The van der Waals surface area contributed by atoms with Gasteiger partial charge >= 0.3 is 0 Å². The number of aromatic nitrogens is 2. The molecule has 1 amide bonds. The SMILES string of the molecule is Cc1nc2cc(CC(=O)N3CCCN(S(C)(=O)=O)CC3)ccc2n1C. The molecule has 1 aromatic carbocycles. The Bertz CT molecular complexity index is 904. The van der Waals surface area contributed by atoms with Crippen LogP contribution in [0.1, 0.15) is 17.8 Å². The molecular formula is C17H24N4O3S. The quantitative estimate of drug-likeness (QED) is 0.812. The van der Waals surface area contributed by atoms with Crippen LogP contribution in [0, 0.1) is 6.92 Å². The van der Waals surface area contributed by atoms with Gasteiger partial charge in [-0.15, -0.1) is 0 Å². The minimum atomic E-state index is -3.20. The molecule has 8 heteroatoms. The van der Waals surface area contributed by atoms with E-state index in [0.29, 0.717) is 39.0 Å². The Morgan fingerprint density at radius 1 is 1.20 bits per heavy atom. The number of carbonyl (C=O) groups excluding carboxylic acids is 1. The van der Waals surface area contributed by atoms with Gasteiger partial charge in [-0.25, -0.2) is 17.7 Å². The first kappa shape index (κ1) is 17.9. The average Bonchev–Trinajstić information content (AvgIpc) is 2.73. The Balaban J connectivity index is 1.70. The number of imidazole rings is 1. The van der Waals surface area contributed by atoms with E-state index >= 15 is 0 Å². The van der Waals surface area contributed by atoms with Gasteiger partial charge in [0.1, 0.15) is 5.82 Å². The lowest BCUT2D eigenvalue weighted by atomic mass is 10.1. The van der Waals surface area contributed by atoms with Gasteiger partial charge in [-0.3, -0.25) is 4.79 Å². The number of hydrogen-bond acceptors (Lipinski definition) is 4. The molecule has 0 bridgehead atoms. The number of carbonyl (C=O) groups is 1. The van der Waals surface area contributed by atoms with Crippen molar-refractivity contribution in [2.75, 3.05) is 32.4 Å². The molecule has 0 saturated carbocycles. The highest BCUT2D eigenvalue weighted by Crippen LogP contribution is 2.17. The molecule has 25 heavy (non-hydrogen) atoms. The monoisotopic (exact) mass is 364 g/mol. The van der Waals surface area contributed by atoms with Crippen molar-refractivity contribution in [1.82, 2.24) is 18.8 Å². The van der Waals surface area contributed by atoms with E-state index in [9.17, 15) is 13.2 Å². The molecule has 2 aromatic rings. The maximum absolute atomic E-state index is 12.6. The molecule has 1 fully saturated rings. The van der Waals surface area contributed by atoms with Crippen LogP contribution in [0.4, 0.5) is 0 Å². The predicted molar refractivity (Wildman–Crippen MR) is 96.8 cm³/mol. The molecule has 1 aromatic heterocycles. The van der Waals surface area contributed by atoms with E-state index in [1.807, 2.05) is 36.7 Å². The number of aryl methyl sites for hydroxylation is 2. The van der Waals surface area contributed by atoms with Crippen LogP contribution < -0.4 is 0 Å². The summed E-state index contributed by atoms with van der Waals surface area (Å²) in [5, 5.41) is 0. The molecular weight excluding hydrogens is 340 g/mol. The van der Waals surface area contributed by atoms with E-state index in [4.69, 9.17) is 0 Å². The molecule has 0 radical (unpaired) electrons. The topological polar surface area (TPSA) is 75.5 Å². The number of nitrogens with zero attached hydrogens (tertiary/aromatic N) is 4. The van der Waals surface area contributed by atoms with Crippen molar-refractivity contribution in [2.24, 2.45) is 7.05 Å². The van der Waals surface area contributed by atoms with Crippen molar-refractivity contribution in [3.05, 3.63) is 29.6 Å². The van der Waals surface area contributed by atoms with E-state index in [1.54, 1.807) is 4.90 Å². The first-order valence-corrected chi connectivity index (χ1v) is 10.3. The van der Waals surface area contributed by atoms with Crippen LogP contribution in [0.3, 0.4) is 0 Å². The molecule has 0 spiro atoms. The Morgan fingerprint density at radius 2 is 1.96 bits per heavy atom. The molecule has 0 aliphatic carbocycles. The van der Waals surface area contributed by atoms with Crippen LogP contribution in [0.5, 0.6) is 0 Å². The van der Waals surface area contributed by atoms with Crippen LogP contribution in [-0.4, -0.2) is 65.5 Å². The van der Waals surface area contributed by atoms with Gasteiger partial charge in [0.15, 0.2) is 0 Å². The fourth-order valence-electron chi connectivity index (χ4n) is 3.24. The first-order valence-electron chi connectivity index (χ1n) is 8.40. The zero-order valence-electron chi connectivity index (χ0n) is 14.9. The van der Waals surface area contributed by atoms with Gasteiger partial charge in [-0.1, -0.05) is 6.07 Å². The number of rotatable bonds is 3. The maximum Gasteiger partial charge on any atom is 0.227 e. The molecule has 2 heterocycles. The van der Waals surface area contributed by atoms with Crippen molar-refractivity contribution < 1.29 is 13.2 Å². The van der Waals surface area contributed by atoms with Gasteiger partial charge in [0.05, 0.1) is 23.7 Å². The molecule has 1 aliphatic rings. The summed E-state index contributed by atoms with van der Waals surface area (Å²) >= 11 is 0. The van der Waals surface area contributed by atoms with E-state index in [-0.39, 0.29) is 5.91 Å². The third-order valence-corrected chi connectivity index (χ3v) is 6.10. The van der Waals surface area contributed by atoms with Crippen LogP contribution in [0.2, 0.25) is 0 Å². The van der Waals surface area contributed by atoms with Crippen molar-refractivity contribution >= 4 is 27.0 Å². The molecule has 136 valence electrons. The minimum absolute atomic E-state index is 0.0300. The van der Waals surface area contributed by atoms with Crippen LogP contribution in [-0.2, 0) is 28.3 Å². The molecule has 1 aliphatic heterocycles. The average molecular weight is 364 g/mol. The number of benzene rings is 1. The fourth-order valence-corrected chi connectivity index (χ4v) is 4.11. The number of sulfonamides is 1. The minimum Gasteiger partial charge on any atom is -0.341 e. The summed E-state index contributed by atoms with van der Waals surface area (Å²) < 4.78 is 26.8. The zero-order valence-corrected chi connectivity index (χ0v) is 15.7. The molecule has 0 unspecified atom stereocenters. The summed E-state index contributed by atoms with van der Waals surface area (Å²) in [4.78, 5) is 18.9. The summed E-state index contributed by atoms with van der Waals surface area (Å²) in [5.74, 6) is 0.967. The van der Waals surface area contributed by atoms with Gasteiger partial charge in [0, 0.05) is 33.2 Å². The molecule has 0 atom stereocenters. The third-order valence-electron chi connectivity index (χ3n) is 4.80. The maximum atomic E-state index is 12.6. The highest BCUT2D eigenvalue weighted by molar-refractivity contribution is 7.88. The number of fused-ring (bicyclic) bond motifs is 1. The smallest absolute Gasteiger partial charge is 0.227 e. The van der Waals surface area contributed by atoms with Gasteiger partial charge in [-0.05, 0) is 31.0 Å². The Morgan fingerprint density at radius 3 is 2.68 bits per heavy atom. The Labute approximate surface area is 148 Å². The largest absolute Gasteiger partial charge is 0.341 e. The lowest BCUT2D eigenvalue weighted by molar-refractivity contribution is -0.130. The summed E-state index contributed by atoms with van der Waals surface area (Å²) in [6, 6.07) is 5.91. The highest BCUT2D eigenvalue weighted by atomic mass is 32.2. The molecule has 1 saturated heterocycles. The second-order valence-corrected chi connectivity index (χ2v) is 8.60. The van der Waals surface area contributed by atoms with Gasteiger partial charge < -0.3 is 9.47 Å². The zero-order chi connectivity index (χ0) is 18.2. The second-order valence-electron chi connectivity index (χ2n) is 6.61. The molecule has 3 rings (SSSR count). The highest BCUT2D eigenvalue weighted by Gasteiger charge is 2.23. The van der Waals surface area contributed by atoms with E-state index < -0.39 is 10.0 Å². The van der Waals surface area contributed by atoms with Crippen LogP contribution >= 0.6 is 0 Å². The van der Waals surface area contributed by atoms with Crippen LogP contribution in [0.25, 0.3) is 11.0 Å². The van der Waals surface area contributed by atoms with Gasteiger partial charge in [-0.2, -0.15) is 0 Å². The standard InChI is InChI=1S/C17H24N4O3S/c1-13-18-15-11-14(5-6-16(15)19(13)2)12-17(22)20-7-4-8-21(10-9-20)25(3,23)24/h5-6,11H,4,7-10,12H2,1-3H3. The summed E-state index contributed by atoms with van der Waals surface area (Å²) in [6.45, 7) is 3.83. The summed E-state index contributed by atoms with van der Waals surface area (Å²) in [6.07, 6.45) is 2.19. The normalized spacial score (nSPS) is 17.0. The van der Waals surface area contributed by atoms with Crippen molar-refractivity contribution in [3.8, 4) is 0 Å². The van der Waals surface area contributed by atoms with Crippen molar-refractivity contribution in [2.45, 2.75) is 19.8 Å². The Kier molecular flexibility index (Phi) is 4.83. The molecule has 0 N–H and O–H groups in total. The number of hydrogen-bond donors (Lipinski definition) is 0. The third kappa shape index (κ3) is 3.85. The predicted octanol–water partition coefficient (Wildman–Crippen LogP) is 0.918. The second kappa shape index (κ2) is 6.76. The summed E-state index contributed by atoms with van der Waals surface area (Å²) in [7, 11) is -1.23. The van der Waals surface area contributed by atoms with Crippen molar-refractivity contribution in [1.29, 1.82) is 0 Å². The number of amides is 1. The van der Waals surface area contributed by atoms with E-state index in [1.165, 1.54) is 10.6 Å². The van der Waals surface area contributed by atoms with E-state index in [0.717, 1.165) is 22.4 Å². The van der Waals surface area contributed by atoms with Crippen LogP contribution in [0.15, 0.2) is 18.2 Å². The lowest BCUT2D eigenvalue weighted by Crippen LogP contribution is -2.37. The van der Waals surface area contributed by atoms with E-state index in [2.05, 4.69) is 4.98 Å². The van der Waals surface area contributed by atoms with Gasteiger partial charge in [0.25, 0.3) is 0 Å². The van der Waals surface area contributed by atoms with Gasteiger partial charge in [0.2, 0.25) is 15.9 Å². The Hall–Kier alpha value is -1.93. The van der Waals surface area contributed by atoms with Crippen molar-refractivity contribution in [3.63, 3.8) is 0 Å². The fraction of sp³-hybridized carbons (Fsp3) is 0.529. The summed E-state index contributed by atoms with van der Waals surface area (Å²) in [5.41, 5.74) is 2.87. The lowest BCUT2D eigenvalue weighted by Gasteiger charge is -2.21.